The van der Waals surface area contributed by atoms with Crippen LogP contribution in [0.4, 0.5) is 0 Å². The summed E-state index contributed by atoms with van der Waals surface area (Å²) < 4.78 is 18.7. The van der Waals surface area contributed by atoms with Gasteiger partial charge in [-0.2, -0.15) is 0 Å². The molecule has 0 aliphatic heterocycles. The summed E-state index contributed by atoms with van der Waals surface area (Å²) in [4.78, 5) is 0. The average molecular weight is 421 g/mol. The highest BCUT2D eigenvalue weighted by molar-refractivity contribution is 6.05. The Morgan fingerprint density at radius 2 is 1.29 bits per heavy atom. The normalized spacial score (nSPS) is 11.7. The molecular weight excluding hydrogens is 386 g/mol. The van der Waals surface area contributed by atoms with Gasteiger partial charge in [-0.25, -0.2) is 4.58 Å². The highest BCUT2D eigenvalue weighted by atomic mass is 16.5. The van der Waals surface area contributed by atoms with Crippen LogP contribution in [0, 0.1) is 0 Å². The molecule has 0 amide bonds. The molecule has 2 aromatic carbocycles. The Morgan fingerprint density at radius 1 is 0.742 bits per heavy atom. The van der Waals surface area contributed by atoms with Crippen molar-refractivity contribution in [2.75, 3.05) is 33.9 Å². The molecule has 0 spiro atoms. The third-order valence-electron chi connectivity index (χ3n) is 4.89. The molecule has 0 unspecified atom stereocenters. The molecule has 31 heavy (non-hydrogen) atoms. The van der Waals surface area contributed by atoms with Crippen molar-refractivity contribution in [2.45, 2.75) is 20.8 Å². The van der Waals surface area contributed by atoms with Gasteiger partial charge < -0.3 is 14.2 Å². The molecule has 2 aromatic rings. The van der Waals surface area contributed by atoms with Crippen molar-refractivity contribution in [2.24, 2.45) is 0 Å². The van der Waals surface area contributed by atoms with Crippen LogP contribution >= 0.6 is 0 Å². The molecular formula is C27H34NO3+. The summed E-state index contributed by atoms with van der Waals surface area (Å²) in [6, 6.07) is 16.1. The van der Waals surface area contributed by atoms with E-state index in [2.05, 4.69) is 42.7 Å². The molecule has 0 N–H and O–H groups in total. The molecule has 164 valence electrons. The van der Waals surface area contributed by atoms with Gasteiger partial charge in [0.05, 0.1) is 20.8 Å². The number of ether oxygens (including phenoxy) is 3. The van der Waals surface area contributed by atoms with Gasteiger partial charge in [-0.3, -0.25) is 0 Å². The van der Waals surface area contributed by atoms with E-state index in [0.717, 1.165) is 41.5 Å². The smallest absolute Gasteiger partial charge is 0.207 e. The predicted molar refractivity (Wildman–Crippen MR) is 129 cm³/mol. The third kappa shape index (κ3) is 7.18. The van der Waals surface area contributed by atoms with Gasteiger partial charge >= 0.3 is 0 Å². The molecule has 0 aromatic heterocycles. The van der Waals surface area contributed by atoms with E-state index in [4.69, 9.17) is 14.2 Å². The van der Waals surface area contributed by atoms with Gasteiger partial charge in [0.1, 0.15) is 30.3 Å². The first kappa shape index (κ1) is 24.0. The van der Waals surface area contributed by atoms with Crippen LogP contribution in [0.5, 0.6) is 11.5 Å². The van der Waals surface area contributed by atoms with Crippen LogP contribution in [0.1, 0.15) is 31.9 Å². The average Bonchev–Trinajstić information content (AvgIpc) is 2.83. The lowest BCUT2D eigenvalue weighted by Gasteiger charge is -2.08. The maximum absolute atomic E-state index is 5.81. The fourth-order valence-corrected chi connectivity index (χ4v) is 3.20. The van der Waals surface area contributed by atoms with Crippen molar-refractivity contribution in [3.8, 4) is 11.5 Å². The Kier molecular flexibility index (Phi) is 10.2. The number of hydrogen-bond donors (Lipinski definition) is 0. The highest BCUT2D eigenvalue weighted by Gasteiger charge is 2.11. The molecule has 2 rings (SSSR count). The standard InChI is InChI=1S/C27H34NO3/c1-6-28(7-2)26(22-14-18-24(29-4)19-15-22)12-10-9-11-13-27(31-8-3)23-16-20-25(30-5)21-17-23/h9-21H,6-8H2,1-5H3/q+1/b11-9+,12-10+,27-13+. The molecule has 0 atom stereocenters. The Bertz CT molecular complexity index is 914. The van der Waals surface area contributed by atoms with E-state index in [1.54, 1.807) is 14.2 Å². The summed E-state index contributed by atoms with van der Waals surface area (Å²) in [7, 11) is 3.35. The largest absolute Gasteiger partial charge is 0.497 e. The van der Waals surface area contributed by atoms with Crippen molar-refractivity contribution in [1.29, 1.82) is 0 Å². The van der Waals surface area contributed by atoms with Gasteiger partial charge in [0.25, 0.3) is 0 Å². The van der Waals surface area contributed by atoms with E-state index < -0.39 is 0 Å². The van der Waals surface area contributed by atoms with E-state index in [1.165, 1.54) is 5.71 Å². The van der Waals surface area contributed by atoms with E-state index in [1.807, 2.05) is 61.5 Å². The van der Waals surface area contributed by atoms with E-state index in [-0.39, 0.29) is 0 Å². The quantitative estimate of drug-likeness (QED) is 0.201. The van der Waals surface area contributed by atoms with Gasteiger partial charge in [-0.05, 0) is 75.4 Å². The fourth-order valence-electron chi connectivity index (χ4n) is 3.20. The van der Waals surface area contributed by atoms with Crippen LogP contribution in [-0.4, -0.2) is 44.2 Å². The van der Waals surface area contributed by atoms with Crippen molar-refractivity contribution in [1.82, 2.24) is 0 Å². The first-order valence-corrected chi connectivity index (χ1v) is 10.7. The summed E-state index contributed by atoms with van der Waals surface area (Å²) >= 11 is 0. The zero-order valence-corrected chi connectivity index (χ0v) is 19.3. The molecule has 0 saturated carbocycles. The van der Waals surface area contributed by atoms with Crippen molar-refractivity contribution in [3.63, 3.8) is 0 Å². The molecule has 0 heterocycles. The van der Waals surface area contributed by atoms with Gasteiger partial charge in [0, 0.05) is 17.2 Å². The van der Waals surface area contributed by atoms with Crippen molar-refractivity contribution >= 4 is 11.5 Å². The molecule has 0 fully saturated rings. The van der Waals surface area contributed by atoms with Crippen LogP contribution in [0.2, 0.25) is 0 Å². The Labute approximate surface area is 186 Å². The second-order valence-electron chi connectivity index (χ2n) is 6.72. The lowest BCUT2D eigenvalue weighted by Crippen LogP contribution is -2.20. The SMILES string of the molecule is CCO/C(=C/C=C/C=C/C(c1ccc(OC)cc1)=[N+](CC)CC)c1ccc(OC)cc1. The Balaban J connectivity index is 2.23. The second-order valence-corrected chi connectivity index (χ2v) is 6.72. The minimum atomic E-state index is 0.610. The van der Waals surface area contributed by atoms with Crippen LogP contribution in [0.25, 0.3) is 5.76 Å². The summed E-state index contributed by atoms with van der Waals surface area (Å²) in [5.74, 6) is 2.52. The summed E-state index contributed by atoms with van der Waals surface area (Å²) in [6.45, 7) is 8.82. The number of nitrogens with zero attached hydrogens (tertiary/aromatic N) is 1. The van der Waals surface area contributed by atoms with Crippen molar-refractivity contribution < 1.29 is 18.8 Å². The molecule has 0 saturated heterocycles. The first-order valence-electron chi connectivity index (χ1n) is 10.7. The third-order valence-corrected chi connectivity index (χ3v) is 4.89. The lowest BCUT2D eigenvalue weighted by atomic mass is 10.1. The van der Waals surface area contributed by atoms with Crippen LogP contribution in [-0.2, 0) is 4.74 Å². The van der Waals surface area contributed by atoms with Crippen LogP contribution in [0.15, 0.2) is 78.9 Å². The fraction of sp³-hybridized carbons (Fsp3) is 0.296. The summed E-state index contributed by atoms with van der Waals surface area (Å²) in [5.41, 5.74) is 3.37. The number of allylic oxidation sites excluding steroid dienone is 5. The molecule has 0 aliphatic carbocycles. The number of rotatable bonds is 11. The molecule has 0 radical (unpaired) electrons. The summed E-state index contributed by atoms with van der Waals surface area (Å²) in [5, 5.41) is 0. The van der Waals surface area contributed by atoms with Crippen molar-refractivity contribution in [3.05, 3.63) is 90.0 Å². The topological polar surface area (TPSA) is 30.7 Å². The first-order chi connectivity index (χ1) is 15.2. The zero-order chi connectivity index (χ0) is 22.5. The molecule has 4 nitrogen and oxygen atoms in total. The monoisotopic (exact) mass is 420 g/mol. The number of hydrogen-bond acceptors (Lipinski definition) is 3. The summed E-state index contributed by atoms with van der Waals surface area (Å²) in [6.07, 6.45) is 10.2. The highest BCUT2D eigenvalue weighted by Crippen LogP contribution is 2.20. The Morgan fingerprint density at radius 3 is 1.77 bits per heavy atom. The number of methoxy groups -OCH3 is 2. The maximum atomic E-state index is 5.81. The van der Waals surface area contributed by atoms with Gasteiger partial charge in [0.15, 0.2) is 0 Å². The predicted octanol–water partition coefficient (Wildman–Crippen LogP) is 5.74. The van der Waals surface area contributed by atoms with Gasteiger partial charge in [-0.15, -0.1) is 0 Å². The van der Waals surface area contributed by atoms with Gasteiger partial charge in [0.2, 0.25) is 5.71 Å². The van der Waals surface area contributed by atoms with E-state index >= 15 is 0 Å². The molecule has 0 bridgehead atoms. The Hall–Kier alpha value is -3.27. The zero-order valence-electron chi connectivity index (χ0n) is 19.3. The van der Waals surface area contributed by atoms with Gasteiger partial charge in [-0.1, -0.05) is 18.2 Å². The lowest BCUT2D eigenvalue weighted by molar-refractivity contribution is -0.519. The molecule has 0 aliphatic rings. The second kappa shape index (κ2) is 13.1. The van der Waals surface area contributed by atoms with Crippen LogP contribution in [0.3, 0.4) is 0 Å². The minimum absolute atomic E-state index is 0.610. The number of benzene rings is 2. The van der Waals surface area contributed by atoms with E-state index in [9.17, 15) is 0 Å². The van der Waals surface area contributed by atoms with Crippen LogP contribution < -0.4 is 9.47 Å². The minimum Gasteiger partial charge on any atom is -0.497 e. The maximum Gasteiger partial charge on any atom is 0.207 e. The molecule has 4 heteroatoms. The van der Waals surface area contributed by atoms with E-state index in [0.29, 0.717) is 6.61 Å².